The predicted molar refractivity (Wildman–Crippen MR) is 48.0 cm³/mol. The topological polar surface area (TPSA) is 26.3 Å². The van der Waals surface area contributed by atoms with Gasteiger partial charge in [0.1, 0.15) is 5.82 Å². The summed E-state index contributed by atoms with van der Waals surface area (Å²) in [5.74, 6) is -5.13. The predicted octanol–water partition coefficient (Wildman–Crippen LogP) is 2.99. The molecule has 1 aromatic carbocycles. The van der Waals surface area contributed by atoms with E-state index in [4.69, 9.17) is 0 Å². The highest BCUT2D eigenvalue weighted by Crippen LogP contribution is 2.31. The second-order valence-electron chi connectivity index (χ2n) is 2.80. The summed E-state index contributed by atoms with van der Waals surface area (Å²) >= 11 is 4.47. The van der Waals surface area contributed by atoms with E-state index in [2.05, 4.69) is 16.3 Å². The Morgan fingerprint density at radius 2 is 1.94 bits per heavy atom. The number of Topliss-reactive ketones (excluding diaryl/α,β-unsaturated/α-hetero) is 1. The van der Waals surface area contributed by atoms with Crippen molar-refractivity contribution in [1.82, 2.24) is 0 Å². The maximum Gasteiger partial charge on any atom is 0.385 e. The summed E-state index contributed by atoms with van der Waals surface area (Å²) in [7, 11) is 0.958. The second kappa shape index (κ2) is 4.29. The summed E-state index contributed by atoms with van der Waals surface area (Å²) in [6, 6.07) is 0.836. The Morgan fingerprint density at radius 1 is 1.38 bits per heavy atom. The quantitative estimate of drug-likeness (QED) is 0.472. The lowest BCUT2D eigenvalue weighted by Crippen LogP contribution is -2.22. The zero-order chi connectivity index (χ0) is 12.5. The van der Waals surface area contributed by atoms with Crippen LogP contribution in [0, 0.1) is 11.6 Å². The molecule has 88 valence electrons. The van der Waals surface area contributed by atoms with Crippen LogP contribution in [0.25, 0.3) is 0 Å². The van der Waals surface area contributed by atoms with Gasteiger partial charge in [0.2, 0.25) is 0 Å². The Kier molecular flexibility index (Phi) is 3.42. The van der Waals surface area contributed by atoms with E-state index in [0.29, 0.717) is 12.1 Å². The molecule has 2 nitrogen and oxygen atoms in total. The molecule has 16 heavy (non-hydrogen) atoms. The summed E-state index contributed by atoms with van der Waals surface area (Å²) in [5, 5.41) is -4.24. The molecule has 0 saturated heterocycles. The van der Waals surface area contributed by atoms with Crippen molar-refractivity contribution >= 4 is 17.4 Å². The number of benzene rings is 1. The molecule has 0 unspecified atom stereocenters. The molecule has 1 aromatic rings. The maximum atomic E-state index is 13.1. The van der Waals surface area contributed by atoms with Crippen molar-refractivity contribution in [3.8, 4) is 5.75 Å². The highest BCUT2D eigenvalue weighted by molar-refractivity contribution is 6.35. The van der Waals surface area contributed by atoms with Crippen molar-refractivity contribution in [3.05, 3.63) is 29.3 Å². The molecule has 0 aliphatic heterocycles. The van der Waals surface area contributed by atoms with Crippen molar-refractivity contribution in [2.75, 3.05) is 7.11 Å². The van der Waals surface area contributed by atoms with Crippen LogP contribution >= 0.6 is 11.6 Å². The van der Waals surface area contributed by atoms with Gasteiger partial charge in [-0.25, -0.2) is 8.78 Å². The van der Waals surface area contributed by atoms with Gasteiger partial charge in [-0.3, -0.25) is 4.79 Å². The number of halogens is 5. The van der Waals surface area contributed by atoms with E-state index in [-0.39, 0.29) is 0 Å². The Bertz CT molecular complexity index is 428. The normalized spacial score (nSPS) is 11.4. The fourth-order valence-corrected chi connectivity index (χ4v) is 1.19. The van der Waals surface area contributed by atoms with Gasteiger partial charge in [0.25, 0.3) is 5.78 Å². The minimum Gasteiger partial charge on any atom is -0.493 e. The number of alkyl halides is 3. The third-order valence-corrected chi connectivity index (χ3v) is 1.89. The molecule has 0 atom stereocenters. The molecule has 0 saturated carbocycles. The van der Waals surface area contributed by atoms with Crippen LogP contribution in [0.4, 0.5) is 17.6 Å². The zero-order valence-corrected chi connectivity index (χ0v) is 8.62. The highest BCUT2D eigenvalue weighted by atomic mass is 35.5. The minimum atomic E-state index is -4.24. The van der Waals surface area contributed by atoms with Crippen LogP contribution in [0.1, 0.15) is 10.4 Å². The van der Waals surface area contributed by atoms with E-state index in [0.717, 1.165) is 7.11 Å². The van der Waals surface area contributed by atoms with Gasteiger partial charge in [0, 0.05) is 6.07 Å². The molecule has 0 bridgehead atoms. The first kappa shape index (κ1) is 12.8. The third kappa shape index (κ3) is 2.44. The molecular formula is C9H5ClF4O2. The van der Waals surface area contributed by atoms with Gasteiger partial charge in [-0.15, -0.1) is 0 Å². The summed E-state index contributed by atoms with van der Waals surface area (Å²) in [4.78, 5) is 11.1. The lowest BCUT2D eigenvalue weighted by Gasteiger charge is -2.11. The fraction of sp³-hybridized carbons (Fsp3) is 0.222. The molecule has 0 spiro atoms. The van der Waals surface area contributed by atoms with E-state index >= 15 is 0 Å². The molecular weight excluding hydrogens is 252 g/mol. The van der Waals surface area contributed by atoms with Crippen LogP contribution in [0.5, 0.6) is 5.75 Å². The summed E-state index contributed by atoms with van der Waals surface area (Å²) < 4.78 is 55.2. The van der Waals surface area contributed by atoms with Crippen LogP contribution in [0.2, 0.25) is 0 Å². The first-order valence-electron chi connectivity index (χ1n) is 3.92. The first-order chi connectivity index (χ1) is 7.27. The van der Waals surface area contributed by atoms with Gasteiger partial charge in [0.05, 0.1) is 12.7 Å². The molecule has 0 aromatic heterocycles. The van der Waals surface area contributed by atoms with Crippen molar-refractivity contribution in [2.24, 2.45) is 0 Å². The zero-order valence-electron chi connectivity index (χ0n) is 7.86. The Balaban J connectivity index is 3.38. The van der Waals surface area contributed by atoms with E-state index < -0.39 is 34.1 Å². The fourth-order valence-electron chi connectivity index (χ4n) is 1.09. The van der Waals surface area contributed by atoms with Gasteiger partial charge < -0.3 is 4.74 Å². The Labute approximate surface area is 92.8 Å². The van der Waals surface area contributed by atoms with Gasteiger partial charge in [-0.05, 0) is 17.7 Å². The van der Waals surface area contributed by atoms with Crippen molar-refractivity contribution < 1.29 is 27.1 Å². The first-order valence-corrected chi connectivity index (χ1v) is 4.29. The molecule has 0 aliphatic rings. The van der Waals surface area contributed by atoms with Crippen LogP contribution in [0.15, 0.2) is 12.1 Å². The van der Waals surface area contributed by atoms with Crippen LogP contribution in [-0.4, -0.2) is 18.3 Å². The standard InChI is InChI=1S/C9H5ClF4O2/c1-16-7-5(8(15)9(10,13)14)2-4(11)3-6(7)12/h2-3H,1H3. The number of carbonyl (C=O) groups is 1. The van der Waals surface area contributed by atoms with Gasteiger partial charge in [-0.2, -0.15) is 8.78 Å². The van der Waals surface area contributed by atoms with E-state index in [9.17, 15) is 22.4 Å². The summed E-state index contributed by atoms with van der Waals surface area (Å²) in [6.45, 7) is 0. The number of rotatable bonds is 3. The van der Waals surface area contributed by atoms with Crippen molar-refractivity contribution in [1.29, 1.82) is 0 Å². The maximum absolute atomic E-state index is 13.1. The van der Waals surface area contributed by atoms with Crippen LogP contribution in [0.3, 0.4) is 0 Å². The molecule has 0 fully saturated rings. The Hall–Kier alpha value is -1.30. The third-order valence-electron chi connectivity index (χ3n) is 1.71. The summed E-state index contributed by atoms with van der Waals surface area (Å²) in [6.07, 6.45) is 0. The molecule has 0 radical (unpaired) electrons. The molecule has 0 aliphatic carbocycles. The number of hydrogen-bond acceptors (Lipinski definition) is 2. The van der Waals surface area contributed by atoms with E-state index in [1.54, 1.807) is 0 Å². The highest BCUT2D eigenvalue weighted by Gasteiger charge is 2.39. The van der Waals surface area contributed by atoms with Gasteiger partial charge >= 0.3 is 5.38 Å². The lowest BCUT2D eigenvalue weighted by molar-refractivity contribution is 0.0531. The number of ketones is 1. The number of hydrogen-bond donors (Lipinski definition) is 0. The van der Waals surface area contributed by atoms with Crippen molar-refractivity contribution in [3.63, 3.8) is 0 Å². The SMILES string of the molecule is COc1c(F)cc(F)cc1C(=O)C(F)(F)Cl. The monoisotopic (exact) mass is 256 g/mol. The Morgan fingerprint density at radius 3 is 2.38 bits per heavy atom. The molecule has 7 heteroatoms. The van der Waals surface area contributed by atoms with Gasteiger partial charge in [0.15, 0.2) is 11.6 Å². The van der Waals surface area contributed by atoms with Crippen molar-refractivity contribution in [2.45, 2.75) is 5.38 Å². The molecule has 1 rings (SSSR count). The minimum absolute atomic E-state index is 0.405. The molecule has 0 heterocycles. The van der Waals surface area contributed by atoms with E-state index in [1.807, 2.05) is 0 Å². The number of ether oxygens (including phenoxy) is 1. The summed E-state index contributed by atoms with van der Waals surface area (Å²) in [5.41, 5.74) is -0.944. The van der Waals surface area contributed by atoms with Crippen LogP contribution < -0.4 is 4.74 Å². The van der Waals surface area contributed by atoms with E-state index in [1.165, 1.54) is 0 Å². The smallest absolute Gasteiger partial charge is 0.385 e. The van der Waals surface area contributed by atoms with Crippen LogP contribution in [-0.2, 0) is 0 Å². The van der Waals surface area contributed by atoms with Gasteiger partial charge in [-0.1, -0.05) is 0 Å². The second-order valence-corrected chi connectivity index (χ2v) is 3.27. The molecule has 0 N–H and O–H groups in total. The lowest BCUT2D eigenvalue weighted by atomic mass is 10.1. The number of methoxy groups -OCH3 is 1. The number of carbonyl (C=O) groups excluding carboxylic acids is 1. The average Bonchev–Trinajstić information content (AvgIpc) is 2.14. The average molecular weight is 257 g/mol. The molecule has 0 amide bonds. The largest absolute Gasteiger partial charge is 0.493 e.